The van der Waals surface area contributed by atoms with Crippen molar-refractivity contribution in [1.29, 1.82) is 0 Å². The van der Waals surface area contributed by atoms with E-state index in [4.69, 9.17) is 5.73 Å². The highest BCUT2D eigenvalue weighted by molar-refractivity contribution is 5.99. The van der Waals surface area contributed by atoms with E-state index < -0.39 is 0 Å². The molecule has 1 aromatic carbocycles. The fourth-order valence-corrected chi connectivity index (χ4v) is 1.87. The van der Waals surface area contributed by atoms with Gasteiger partial charge in [0.25, 0.3) is 0 Å². The molecule has 0 saturated heterocycles. The van der Waals surface area contributed by atoms with E-state index in [1.807, 2.05) is 11.6 Å². The van der Waals surface area contributed by atoms with E-state index in [0.29, 0.717) is 5.84 Å². The zero-order valence-corrected chi connectivity index (χ0v) is 7.86. The lowest BCUT2D eigenvalue weighted by molar-refractivity contribution is 0.947. The fraction of sp³-hybridized carbons (Fsp3) is 0.200. The number of aromatic nitrogens is 2. The number of nitrogens with zero attached hydrogens (tertiary/aromatic N) is 3. The Morgan fingerprint density at radius 3 is 3.14 bits per heavy atom. The van der Waals surface area contributed by atoms with Gasteiger partial charge in [-0.3, -0.25) is 0 Å². The maximum absolute atomic E-state index is 5.70. The Hall–Kier alpha value is -1.84. The van der Waals surface area contributed by atoms with Crippen LogP contribution in [0.1, 0.15) is 5.56 Å². The van der Waals surface area contributed by atoms with Crippen LogP contribution in [0, 0.1) is 0 Å². The average Bonchev–Trinajstić information content (AvgIpc) is 2.68. The van der Waals surface area contributed by atoms with Gasteiger partial charge in [0.15, 0.2) is 0 Å². The number of rotatable bonds is 0. The molecule has 0 spiro atoms. The first-order valence-electron chi connectivity index (χ1n) is 4.51. The molecule has 2 heterocycles. The van der Waals surface area contributed by atoms with Crippen molar-refractivity contribution < 1.29 is 0 Å². The number of aryl methyl sites for hydroxylation is 1. The fourth-order valence-electron chi connectivity index (χ4n) is 1.87. The Morgan fingerprint density at radius 2 is 2.29 bits per heavy atom. The van der Waals surface area contributed by atoms with Crippen molar-refractivity contribution in [2.45, 2.75) is 6.42 Å². The summed E-state index contributed by atoms with van der Waals surface area (Å²) in [5, 5.41) is 0. The highest BCUT2D eigenvalue weighted by Gasteiger charge is 2.16. The van der Waals surface area contributed by atoms with E-state index >= 15 is 0 Å². The van der Waals surface area contributed by atoms with Gasteiger partial charge < -0.3 is 10.3 Å². The van der Waals surface area contributed by atoms with Crippen LogP contribution in [0.25, 0.3) is 11.0 Å². The minimum absolute atomic E-state index is 0.679. The third kappa shape index (κ3) is 0.824. The average molecular weight is 186 g/mol. The first-order chi connectivity index (χ1) is 6.75. The third-order valence-electron chi connectivity index (χ3n) is 2.58. The van der Waals surface area contributed by atoms with E-state index in [1.165, 1.54) is 5.56 Å². The summed E-state index contributed by atoms with van der Waals surface area (Å²) in [7, 11) is 1.98. The molecule has 14 heavy (non-hydrogen) atoms. The number of nitrogens with two attached hydrogens (primary N) is 1. The topological polar surface area (TPSA) is 56.2 Å². The summed E-state index contributed by atoms with van der Waals surface area (Å²) >= 11 is 0. The van der Waals surface area contributed by atoms with Gasteiger partial charge in [0.05, 0.1) is 17.5 Å². The molecule has 4 nitrogen and oxygen atoms in total. The van der Waals surface area contributed by atoms with Gasteiger partial charge in [-0.15, -0.1) is 0 Å². The zero-order chi connectivity index (χ0) is 9.71. The summed E-state index contributed by atoms with van der Waals surface area (Å²) in [4.78, 5) is 8.64. The molecule has 3 rings (SSSR count). The molecule has 0 bridgehead atoms. The number of fused-ring (bicyclic) bond motifs is 3. The molecule has 0 radical (unpaired) electrons. The van der Waals surface area contributed by atoms with E-state index in [1.54, 1.807) is 6.33 Å². The summed E-state index contributed by atoms with van der Waals surface area (Å²) < 4.78 is 1.99. The molecule has 0 aliphatic carbocycles. The molecule has 0 atom stereocenters. The molecule has 1 aliphatic heterocycles. The maximum atomic E-state index is 5.70. The first-order valence-corrected chi connectivity index (χ1v) is 4.51. The van der Waals surface area contributed by atoms with Gasteiger partial charge in [-0.2, -0.15) is 0 Å². The van der Waals surface area contributed by atoms with Gasteiger partial charge in [0, 0.05) is 13.5 Å². The molecule has 0 amide bonds. The second-order valence-corrected chi connectivity index (χ2v) is 3.58. The molecule has 0 unspecified atom stereocenters. The highest BCUT2D eigenvalue weighted by Crippen LogP contribution is 2.32. The lowest BCUT2D eigenvalue weighted by atomic mass is 10.1. The third-order valence-corrected chi connectivity index (χ3v) is 2.58. The smallest absolute Gasteiger partial charge is 0.114 e. The number of hydrogen-bond donors (Lipinski definition) is 1. The number of amidine groups is 1. The van der Waals surface area contributed by atoms with Crippen LogP contribution in [0.5, 0.6) is 0 Å². The van der Waals surface area contributed by atoms with Gasteiger partial charge >= 0.3 is 0 Å². The van der Waals surface area contributed by atoms with Crippen molar-refractivity contribution in [1.82, 2.24) is 9.55 Å². The van der Waals surface area contributed by atoms with Crippen LogP contribution < -0.4 is 5.73 Å². The quantitative estimate of drug-likeness (QED) is 0.670. The molecule has 4 heteroatoms. The van der Waals surface area contributed by atoms with Crippen molar-refractivity contribution in [2.24, 2.45) is 17.8 Å². The van der Waals surface area contributed by atoms with Crippen LogP contribution in [0.2, 0.25) is 0 Å². The predicted octanol–water partition coefficient (Wildman–Crippen LogP) is 1.12. The van der Waals surface area contributed by atoms with Crippen LogP contribution in [0.15, 0.2) is 23.5 Å². The Balaban J connectivity index is 2.43. The zero-order valence-electron chi connectivity index (χ0n) is 7.86. The molecule has 70 valence electrons. The molecule has 0 fully saturated rings. The van der Waals surface area contributed by atoms with Crippen molar-refractivity contribution >= 4 is 22.6 Å². The van der Waals surface area contributed by atoms with Gasteiger partial charge in [-0.25, -0.2) is 9.98 Å². The van der Waals surface area contributed by atoms with Crippen molar-refractivity contribution in [3.63, 3.8) is 0 Å². The largest absolute Gasteiger partial charge is 0.387 e. The molecule has 1 aromatic heterocycles. The summed E-state index contributed by atoms with van der Waals surface area (Å²) in [6.07, 6.45) is 2.55. The molecule has 2 aromatic rings. The van der Waals surface area contributed by atoms with E-state index in [9.17, 15) is 0 Å². The van der Waals surface area contributed by atoms with Crippen LogP contribution in [0.3, 0.4) is 0 Å². The minimum Gasteiger partial charge on any atom is -0.387 e. The van der Waals surface area contributed by atoms with Gasteiger partial charge in [-0.1, -0.05) is 6.07 Å². The summed E-state index contributed by atoms with van der Waals surface area (Å²) in [5.41, 5.74) is 9.87. The first kappa shape index (κ1) is 7.55. The number of hydrogen-bond acceptors (Lipinski definition) is 3. The number of benzene rings is 1. The molecule has 0 saturated carbocycles. The molecular formula is C10H10N4. The Bertz CT molecular complexity index is 550. The molecular weight excluding hydrogens is 176 g/mol. The van der Waals surface area contributed by atoms with Crippen molar-refractivity contribution in [3.05, 3.63) is 24.0 Å². The lowest BCUT2D eigenvalue weighted by Gasteiger charge is -1.98. The Labute approximate surface area is 81.1 Å². The van der Waals surface area contributed by atoms with Crippen molar-refractivity contribution in [2.75, 3.05) is 0 Å². The van der Waals surface area contributed by atoms with Crippen molar-refractivity contribution in [3.8, 4) is 0 Å². The van der Waals surface area contributed by atoms with Crippen LogP contribution in [-0.2, 0) is 13.5 Å². The normalized spacial score (nSPS) is 14.5. The van der Waals surface area contributed by atoms with Gasteiger partial charge in [0.2, 0.25) is 0 Å². The van der Waals surface area contributed by atoms with E-state index in [2.05, 4.69) is 22.1 Å². The SMILES string of the molecule is Cn1cnc2c3c(ccc21)CC(N)=N3. The van der Waals surface area contributed by atoms with Gasteiger partial charge in [0.1, 0.15) is 11.4 Å². The van der Waals surface area contributed by atoms with Crippen LogP contribution in [-0.4, -0.2) is 15.4 Å². The molecule has 2 N–H and O–H groups in total. The van der Waals surface area contributed by atoms with E-state index in [-0.39, 0.29) is 0 Å². The second-order valence-electron chi connectivity index (χ2n) is 3.58. The summed E-state index contributed by atoms with van der Waals surface area (Å²) in [5.74, 6) is 0.679. The monoisotopic (exact) mass is 186 g/mol. The second kappa shape index (κ2) is 2.35. The Kier molecular flexibility index (Phi) is 1.27. The minimum atomic E-state index is 0.679. The Morgan fingerprint density at radius 1 is 1.43 bits per heavy atom. The maximum Gasteiger partial charge on any atom is 0.114 e. The van der Waals surface area contributed by atoms with Crippen LogP contribution in [0.4, 0.5) is 5.69 Å². The standard InChI is InChI=1S/C10H10N4/c1-14-5-12-10-7(14)3-2-6-4-8(11)13-9(6)10/h2-3,5H,4H2,1H3,(H2,11,13). The van der Waals surface area contributed by atoms with Crippen LogP contribution >= 0.6 is 0 Å². The molecule has 1 aliphatic rings. The summed E-state index contributed by atoms with van der Waals surface area (Å²) in [6, 6.07) is 4.14. The lowest BCUT2D eigenvalue weighted by Crippen LogP contribution is -2.09. The van der Waals surface area contributed by atoms with E-state index in [0.717, 1.165) is 23.1 Å². The summed E-state index contributed by atoms with van der Waals surface area (Å²) in [6.45, 7) is 0. The number of imidazole rings is 1. The predicted molar refractivity (Wildman–Crippen MR) is 55.7 cm³/mol. The highest BCUT2D eigenvalue weighted by atomic mass is 15.0. The number of aliphatic imine (C=N–C) groups is 1. The van der Waals surface area contributed by atoms with Gasteiger partial charge in [-0.05, 0) is 11.6 Å².